The van der Waals surface area contributed by atoms with Crippen LogP contribution in [0.4, 0.5) is 5.69 Å². The fraction of sp³-hybridized carbons (Fsp3) is 0.333. The van der Waals surface area contributed by atoms with Crippen LogP contribution in [0.2, 0.25) is 0 Å². The van der Waals surface area contributed by atoms with E-state index >= 15 is 0 Å². The van der Waals surface area contributed by atoms with Gasteiger partial charge >= 0.3 is 0 Å². The molecule has 2 amide bonds. The number of hydrogen-bond acceptors (Lipinski definition) is 4. The van der Waals surface area contributed by atoms with Crippen LogP contribution in [0.3, 0.4) is 0 Å². The maximum absolute atomic E-state index is 12.4. The third-order valence-electron chi connectivity index (χ3n) is 4.64. The minimum absolute atomic E-state index is 0.0355. The van der Waals surface area contributed by atoms with Gasteiger partial charge in [-0.1, -0.05) is 25.1 Å². The molecule has 1 heterocycles. The zero-order chi connectivity index (χ0) is 19.2. The van der Waals surface area contributed by atoms with Gasteiger partial charge in [-0.25, -0.2) is 0 Å². The number of hydrogen-bond donors (Lipinski definition) is 2. The van der Waals surface area contributed by atoms with Crippen LogP contribution in [0, 0.1) is 0 Å². The van der Waals surface area contributed by atoms with Crippen molar-refractivity contribution in [1.82, 2.24) is 4.90 Å². The number of nitrogens with zero attached hydrogens (tertiary/aromatic N) is 1. The molecule has 3 rings (SSSR count). The molecule has 0 aromatic heterocycles. The van der Waals surface area contributed by atoms with Crippen LogP contribution < -0.4 is 5.32 Å². The van der Waals surface area contributed by atoms with Crippen molar-refractivity contribution in [2.24, 2.45) is 0 Å². The average Bonchev–Trinajstić information content (AvgIpc) is 2.70. The lowest BCUT2D eigenvalue weighted by Gasteiger charge is -2.26. The first-order chi connectivity index (χ1) is 13.1. The van der Waals surface area contributed by atoms with Crippen LogP contribution in [-0.4, -0.2) is 46.4 Å². The van der Waals surface area contributed by atoms with Gasteiger partial charge in [-0.15, -0.1) is 0 Å². The topological polar surface area (TPSA) is 69.6 Å². The molecule has 0 radical (unpaired) electrons. The van der Waals surface area contributed by atoms with Gasteiger partial charge in [0.05, 0.1) is 12.0 Å². The van der Waals surface area contributed by atoms with E-state index in [0.29, 0.717) is 12.1 Å². The number of benzene rings is 2. The Hall–Kier alpha value is -2.47. The summed E-state index contributed by atoms with van der Waals surface area (Å²) in [5.41, 5.74) is 2.80. The highest BCUT2D eigenvalue weighted by molar-refractivity contribution is 7.99. The summed E-state index contributed by atoms with van der Waals surface area (Å²) < 4.78 is 0. The molecule has 2 N–H and O–H groups in total. The van der Waals surface area contributed by atoms with Crippen molar-refractivity contribution in [3.05, 3.63) is 59.2 Å². The van der Waals surface area contributed by atoms with Crippen LogP contribution >= 0.6 is 11.8 Å². The van der Waals surface area contributed by atoms with Gasteiger partial charge in [-0.2, -0.15) is 11.8 Å². The number of nitrogens with one attached hydrogen (secondary N) is 1. The van der Waals surface area contributed by atoms with Gasteiger partial charge in [-0.05, 0) is 41.8 Å². The second kappa shape index (κ2) is 8.95. The van der Waals surface area contributed by atoms with Crippen molar-refractivity contribution in [2.45, 2.75) is 19.8 Å². The van der Waals surface area contributed by atoms with E-state index in [-0.39, 0.29) is 23.1 Å². The predicted molar refractivity (Wildman–Crippen MR) is 109 cm³/mol. The molecule has 142 valence electrons. The number of aromatic hydroxyl groups is 1. The minimum atomic E-state index is -0.350. The van der Waals surface area contributed by atoms with E-state index in [4.69, 9.17) is 0 Å². The summed E-state index contributed by atoms with van der Waals surface area (Å²) in [4.78, 5) is 26.7. The highest BCUT2D eigenvalue weighted by atomic mass is 32.2. The first-order valence-electron chi connectivity index (χ1n) is 9.14. The molecule has 2 aromatic rings. The number of rotatable bonds is 5. The fourth-order valence-electron chi connectivity index (χ4n) is 2.99. The second-order valence-corrected chi connectivity index (χ2v) is 7.75. The molecule has 5 nitrogen and oxygen atoms in total. The molecule has 1 aliphatic rings. The largest absolute Gasteiger partial charge is 0.507 e. The van der Waals surface area contributed by atoms with Gasteiger partial charge in [0, 0.05) is 30.3 Å². The minimum Gasteiger partial charge on any atom is -0.507 e. The summed E-state index contributed by atoms with van der Waals surface area (Å²) in [6.07, 6.45) is 1.16. The zero-order valence-electron chi connectivity index (χ0n) is 15.4. The molecule has 1 saturated heterocycles. The van der Waals surface area contributed by atoms with Crippen molar-refractivity contribution in [3.63, 3.8) is 0 Å². The summed E-state index contributed by atoms with van der Waals surface area (Å²) in [7, 11) is 0. The number of carbonyl (C=O) groups excluding carboxylic acids is 2. The first-order valence-corrected chi connectivity index (χ1v) is 10.3. The van der Waals surface area contributed by atoms with Gasteiger partial charge in [-0.3, -0.25) is 9.59 Å². The molecule has 0 unspecified atom stereocenters. The van der Waals surface area contributed by atoms with Gasteiger partial charge in [0.2, 0.25) is 5.91 Å². The SMILES string of the molecule is CCc1ccc(O)c(C(=O)Nc2ccc(CC(=O)N3CCSCC3)cc2)c1. The molecular weight excluding hydrogens is 360 g/mol. The highest BCUT2D eigenvalue weighted by Crippen LogP contribution is 2.21. The zero-order valence-corrected chi connectivity index (χ0v) is 16.2. The monoisotopic (exact) mass is 384 g/mol. The van der Waals surface area contributed by atoms with Crippen molar-refractivity contribution in [3.8, 4) is 5.75 Å². The molecule has 1 aliphatic heterocycles. The summed E-state index contributed by atoms with van der Waals surface area (Å²) in [5.74, 6) is 1.77. The van der Waals surface area contributed by atoms with Crippen LogP contribution in [0.15, 0.2) is 42.5 Å². The van der Waals surface area contributed by atoms with E-state index in [0.717, 1.165) is 42.1 Å². The van der Waals surface area contributed by atoms with Crippen molar-refractivity contribution >= 4 is 29.3 Å². The fourth-order valence-corrected chi connectivity index (χ4v) is 3.89. The maximum Gasteiger partial charge on any atom is 0.259 e. The third-order valence-corrected chi connectivity index (χ3v) is 5.59. The molecule has 1 fully saturated rings. The number of thioether (sulfide) groups is 1. The van der Waals surface area contributed by atoms with E-state index in [1.165, 1.54) is 0 Å². The predicted octanol–water partition coefficient (Wildman–Crippen LogP) is 3.32. The Morgan fingerprint density at radius 2 is 1.74 bits per heavy atom. The number of phenols is 1. The van der Waals surface area contributed by atoms with Crippen LogP contribution in [0.1, 0.15) is 28.4 Å². The van der Waals surface area contributed by atoms with Crippen LogP contribution in [0.25, 0.3) is 0 Å². The lowest BCUT2D eigenvalue weighted by molar-refractivity contribution is -0.130. The van der Waals surface area contributed by atoms with E-state index in [2.05, 4.69) is 5.32 Å². The van der Waals surface area contributed by atoms with Crippen LogP contribution in [0.5, 0.6) is 5.75 Å². The maximum atomic E-state index is 12.4. The van der Waals surface area contributed by atoms with E-state index in [1.54, 1.807) is 30.3 Å². The Morgan fingerprint density at radius 1 is 1.07 bits per heavy atom. The smallest absolute Gasteiger partial charge is 0.259 e. The van der Waals surface area contributed by atoms with Gasteiger partial charge in [0.15, 0.2) is 0 Å². The van der Waals surface area contributed by atoms with Gasteiger partial charge in [0.1, 0.15) is 5.75 Å². The molecule has 0 saturated carbocycles. The number of aryl methyl sites for hydroxylation is 1. The second-order valence-electron chi connectivity index (χ2n) is 6.53. The Labute approximate surface area is 163 Å². The molecule has 6 heteroatoms. The molecule has 0 bridgehead atoms. The summed E-state index contributed by atoms with van der Waals surface area (Å²) in [6, 6.07) is 12.3. The lowest BCUT2D eigenvalue weighted by atomic mass is 10.1. The van der Waals surface area contributed by atoms with Gasteiger partial charge in [0.25, 0.3) is 5.91 Å². The van der Waals surface area contributed by atoms with E-state index < -0.39 is 0 Å². The standard InChI is InChI=1S/C21H24N2O3S/c1-2-15-5-8-19(24)18(13-15)21(26)22-17-6-3-16(4-7-17)14-20(25)23-9-11-27-12-10-23/h3-8,13,24H,2,9-12,14H2,1H3,(H,22,26). The van der Waals surface area contributed by atoms with Crippen molar-refractivity contribution in [2.75, 3.05) is 29.9 Å². The molecular formula is C21H24N2O3S. The number of phenolic OH excluding ortho intramolecular Hbond substituents is 1. The van der Waals surface area contributed by atoms with Gasteiger partial charge < -0.3 is 15.3 Å². The average molecular weight is 385 g/mol. The number of amides is 2. The first kappa shape index (κ1) is 19.3. The summed E-state index contributed by atoms with van der Waals surface area (Å²) >= 11 is 1.88. The number of anilines is 1. The van der Waals surface area contributed by atoms with E-state index in [1.807, 2.05) is 35.7 Å². The molecule has 0 atom stereocenters. The molecule has 0 spiro atoms. The Balaban J connectivity index is 1.62. The molecule has 2 aromatic carbocycles. The quantitative estimate of drug-likeness (QED) is 0.830. The molecule has 0 aliphatic carbocycles. The van der Waals surface area contributed by atoms with Crippen LogP contribution in [-0.2, 0) is 17.6 Å². The summed E-state index contributed by atoms with van der Waals surface area (Å²) in [5, 5.41) is 12.7. The molecule has 27 heavy (non-hydrogen) atoms. The lowest BCUT2D eigenvalue weighted by Crippen LogP contribution is -2.38. The van der Waals surface area contributed by atoms with Crippen molar-refractivity contribution < 1.29 is 14.7 Å². The Morgan fingerprint density at radius 3 is 2.41 bits per heavy atom. The third kappa shape index (κ3) is 5.04. The summed E-state index contributed by atoms with van der Waals surface area (Å²) in [6.45, 7) is 3.63. The van der Waals surface area contributed by atoms with E-state index in [9.17, 15) is 14.7 Å². The Kier molecular flexibility index (Phi) is 6.40. The highest BCUT2D eigenvalue weighted by Gasteiger charge is 2.17. The normalized spacial score (nSPS) is 14.0. The van der Waals surface area contributed by atoms with Crippen molar-refractivity contribution in [1.29, 1.82) is 0 Å². The number of carbonyl (C=O) groups is 2. The Bertz CT molecular complexity index is 815.